The van der Waals surface area contributed by atoms with Crippen molar-refractivity contribution in [3.05, 3.63) is 29.3 Å². The molecule has 1 aromatic rings. The first-order valence-corrected chi connectivity index (χ1v) is 11.0. The second-order valence-corrected chi connectivity index (χ2v) is 9.66. The fourth-order valence-electron chi connectivity index (χ4n) is 2.62. The van der Waals surface area contributed by atoms with Crippen molar-refractivity contribution >= 4 is 13.0 Å². The number of hydroxylamine groups is 2. The lowest BCUT2D eigenvalue weighted by molar-refractivity contribution is -0.165. The zero-order chi connectivity index (χ0) is 19.0. The molecule has 0 saturated carbocycles. The summed E-state index contributed by atoms with van der Waals surface area (Å²) in [6.07, 6.45) is 1.72. The maximum Gasteiger partial charge on any atom is 0.259 e. The minimum absolute atomic E-state index is 0.162. The van der Waals surface area contributed by atoms with Gasteiger partial charge in [-0.15, -0.1) is 0 Å². The van der Waals surface area contributed by atoms with E-state index in [1.54, 1.807) is 20.4 Å². The van der Waals surface area contributed by atoms with E-state index in [1.165, 1.54) is 0 Å². The van der Waals surface area contributed by atoms with Crippen molar-refractivity contribution in [2.75, 3.05) is 40.1 Å². The lowest BCUT2D eigenvalue weighted by Crippen LogP contribution is -2.38. The first-order valence-electron chi connectivity index (χ1n) is 8.29. The van der Waals surface area contributed by atoms with Crippen LogP contribution in [0.2, 0.25) is 0 Å². The molecule has 1 amide bonds. The van der Waals surface area contributed by atoms with Crippen LogP contribution in [0, 0.1) is 0 Å². The molecule has 142 valence electrons. The van der Waals surface area contributed by atoms with Gasteiger partial charge in [0.1, 0.15) is 12.9 Å². The fraction of sp³-hybridized carbons (Fsp3) is 0.588. The molecule has 1 unspecified atom stereocenters. The van der Waals surface area contributed by atoms with Crippen LogP contribution in [0.15, 0.2) is 18.2 Å². The van der Waals surface area contributed by atoms with Crippen LogP contribution in [0.5, 0.6) is 5.75 Å². The molecule has 7 nitrogen and oxygen atoms in total. The minimum atomic E-state index is -2.63. The number of benzene rings is 1. The van der Waals surface area contributed by atoms with Crippen molar-refractivity contribution in [1.82, 2.24) is 10.4 Å². The molecule has 0 saturated heterocycles. The van der Waals surface area contributed by atoms with Crippen molar-refractivity contribution in [1.29, 1.82) is 0 Å². The van der Waals surface area contributed by atoms with E-state index in [1.807, 2.05) is 18.2 Å². The van der Waals surface area contributed by atoms with Gasteiger partial charge in [-0.25, -0.2) is 5.06 Å². The van der Waals surface area contributed by atoms with E-state index in [0.29, 0.717) is 5.06 Å². The van der Waals surface area contributed by atoms with Gasteiger partial charge in [0.05, 0.1) is 32.6 Å². The molecular weight excluding hydrogens is 343 g/mol. The van der Waals surface area contributed by atoms with Crippen LogP contribution in [0.4, 0.5) is 0 Å². The van der Waals surface area contributed by atoms with Gasteiger partial charge in [-0.3, -0.25) is 15.3 Å². The fourth-order valence-corrected chi connectivity index (χ4v) is 4.07. The molecule has 0 aliphatic rings. The number of aliphatic hydroxyl groups is 1. The standard InChI is InChI=1S/C17H29N2O5P/c1-5-6-13-11-14(24-2)7-8-15(13)17(25(3,4)23)18-12-16(21)19(22)9-10-20/h7-8,11,17-18,20,22H,5-6,9-10,12H2,1-4H3. The van der Waals surface area contributed by atoms with Crippen LogP contribution in [-0.2, 0) is 15.8 Å². The summed E-state index contributed by atoms with van der Waals surface area (Å²) in [5.74, 6) is -0.363. The topological polar surface area (TPSA) is 99.1 Å². The number of nitrogens with one attached hydrogen (secondary N) is 1. The lowest BCUT2D eigenvalue weighted by Gasteiger charge is -2.26. The molecule has 1 rings (SSSR count). The first-order chi connectivity index (χ1) is 11.7. The molecule has 8 heteroatoms. The average Bonchev–Trinajstić information content (AvgIpc) is 2.55. The molecule has 0 radical (unpaired) electrons. The zero-order valence-corrected chi connectivity index (χ0v) is 16.3. The number of hydrogen-bond acceptors (Lipinski definition) is 6. The second kappa shape index (κ2) is 9.92. The third-order valence-corrected chi connectivity index (χ3v) is 5.54. The highest BCUT2D eigenvalue weighted by atomic mass is 31.2. The van der Waals surface area contributed by atoms with Crippen LogP contribution >= 0.6 is 7.14 Å². The number of methoxy groups -OCH3 is 1. The van der Waals surface area contributed by atoms with Crippen molar-refractivity contribution < 1.29 is 24.4 Å². The largest absolute Gasteiger partial charge is 0.497 e. The highest BCUT2D eigenvalue weighted by molar-refractivity contribution is 7.62. The second-order valence-electron chi connectivity index (χ2n) is 6.27. The maximum absolute atomic E-state index is 12.8. The minimum Gasteiger partial charge on any atom is -0.497 e. The predicted octanol–water partition coefficient (Wildman–Crippen LogP) is 2.07. The third kappa shape index (κ3) is 6.44. The number of amides is 1. The molecule has 0 aliphatic heterocycles. The van der Waals surface area contributed by atoms with Crippen molar-refractivity contribution in [3.8, 4) is 5.75 Å². The third-order valence-electron chi connectivity index (χ3n) is 3.83. The Balaban J connectivity index is 3.08. The van der Waals surface area contributed by atoms with Gasteiger partial charge in [-0.1, -0.05) is 19.4 Å². The Hall–Kier alpha value is -1.40. The summed E-state index contributed by atoms with van der Waals surface area (Å²) in [4.78, 5) is 11.9. The summed E-state index contributed by atoms with van der Waals surface area (Å²) in [6, 6.07) is 5.61. The molecule has 0 heterocycles. The van der Waals surface area contributed by atoms with E-state index >= 15 is 0 Å². The van der Waals surface area contributed by atoms with Gasteiger partial charge in [0.2, 0.25) is 0 Å². The summed E-state index contributed by atoms with van der Waals surface area (Å²) >= 11 is 0. The summed E-state index contributed by atoms with van der Waals surface area (Å²) in [7, 11) is -1.03. The number of hydrogen-bond donors (Lipinski definition) is 3. The van der Waals surface area contributed by atoms with Gasteiger partial charge in [0, 0.05) is 0 Å². The van der Waals surface area contributed by atoms with E-state index < -0.39 is 18.8 Å². The Morgan fingerprint density at radius 2 is 2.08 bits per heavy atom. The average molecular weight is 372 g/mol. The molecule has 0 fully saturated rings. The van der Waals surface area contributed by atoms with Gasteiger partial charge < -0.3 is 14.4 Å². The maximum atomic E-state index is 12.8. The van der Waals surface area contributed by atoms with E-state index in [0.717, 1.165) is 29.7 Å². The van der Waals surface area contributed by atoms with Gasteiger partial charge in [-0.2, -0.15) is 0 Å². The molecular formula is C17H29N2O5P. The van der Waals surface area contributed by atoms with E-state index in [2.05, 4.69) is 12.2 Å². The summed E-state index contributed by atoms with van der Waals surface area (Å²) in [5, 5.41) is 21.8. The lowest BCUT2D eigenvalue weighted by atomic mass is 10.0. The quantitative estimate of drug-likeness (QED) is 0.330. The Bertz CT molecular complexity index is 617. The van der Waals surface area contributed by atoms with Crippen LogP contribution in [0.1, 0.15) is 30.3 Å². The summed E-state index contributed by atoms with van der Waals surface area (Å²) < 4.78 is 18.1. The molecule has 3 N–H and O–H groups in total. The number of ether oxygens (including phenoxy) is 1. The molecule has 0 spiro atoms. The first kappa shape index (κ1) is 21.6. The molecule has 0 bridgehead atoms. The van der Waals surface area contributed by atoms with Crippen LogP contribution < -0.4 is 10.1 Å². The predicted molar refractivity (Wildman–Crippen MR) is 97.8 cm³/mol. The Labute approximate surface area is 149 Å². The summed E-state index contributed by atoms with van der Waals surface area (Å²) in [6.45, 7) is 4.73. The number of aliphatic hydroxyl groups excluding tert-OH is 1. The zero-order valence-electron chi connectivity index (χ0n) is 15.4. The van der Waals surface area contributed by atoms with Crippen LogP contribution in [-0.4, -0.2) is 61.4 Å². The van der Waals surface area contributed by atoms with E-state index in [9.17, 15) is 14.6 Å². The van der Waals surface area contributed by atoms with Crippen LogP contribution in [0.25, 0.3) is 0 Å². The molecule has 0 aromatic heterocycles. The normalized spacial score (nSPS) is 12.7. The van der Waals surface area contributed by atoms with Gasteiger partial charge in [-0.05, 0) is 43.0 Å². The molecule has 1 atom stereocenters. The molecule has 0 aliphatic carbocycles. The SMILES string of the molecule is CCCc1cc(OC)ccc1C(NCC(=O)N(O)CCO)P(C)(C)=O. The van der Waals surface area contributed by atoms with E-state index in [-0.39, 0.29) is 19.7 Å². The highest BCUT2D eigenvalue weighted by Gasteiger charge is 2.28. The number of rotatable bonds is 10. The van der Waals surface area contributed by atoms with Gasteiger partial charge in [0.15, 0.2) is 0 Å². The Morgan fingerprint density at radius 3 is 2.60 bits per heavy atom. The Kier molecular flexibility index (Phi) is 8.59. The van der Waals surface area contributed by atoms with Crippen molar-refractivity contribution in [3.63, 3.8) is 0 Å². The number of carbonyl (C=O) groups excluding carboxylic acids is 1. The Morgan fingerprint density at radius 1 is 1.40 bits per heavy atom. The van der Waals surface area contributed by atoms with Gasteiger partial charge in [0.25, 0.3) is 5.91 Å². The van der Waals surface area contributed by atoms with Crippen LogP contribution in [0.3, 0.4) is 0 Å². The number of aryl methyl sites for hydroxylation is 1. The monoisotopic (exact) mass is 372 g/mol. The number of carbonyl (C=O) groups is 1. The summed E-state index contributed by atoms with van der Waals surface area (Å²) in [5.41, 5.74) is 1.89. The molecule has 1 aromatic carbocycles. The van der Waals surface area contributed by atoms with Crippen molar-refractivity contribution in [2.24, 2.45) is 0 Å². The molecule has 25 heavy (non-hydrogen) atoms. The number of nitrogens with zero attached hydrogens (tertiary/aromatic N) is 1. The van der Waals surface area contributed by atoms with E-state index in [4.69, 9.17) is 9.84 Å². The van der Waals surface area contributed by atoms with Gasteiger partial charge >= 0.3 is 0 Å². The smallest absolute Gasteiger partial charge is 0.259 e. The van der Waals surface area contributed by atoms with Crippen molar-refractivity contribution in [2.45, 2.75) is 25.5 Å². The highest BCUT2D eigenvalue weighted by Crippen LogP contribution is 2.52.